The minimum absolute atomic E-state index is 0.00567. The van der Waals surface area contributed by atoms with E-state index in [1.165, 1.54) is 10.9 Å². The number of fused-ring (bicyclic) bond motifs is 2. The number of nitrogens with zero attached hydrogens (tertiary/aromatic N) is 2. The van der Waals surface area contributed by atoms with Crippen LogP contribution in [0.4, 0.5) is 0 Å². The molecule has 1 aliphatic rings. The first-order valence-corrected chi connectivity index (χ1v) is 7.57. The molecule has 0 amide bonds. The molecule has 0 unspecified atom stereocenters. The van der Waals surface area contributed by atoms with Crippen LogP contribution in [-0.4, -0.2) is 26.4 Å². The number of aryl methyl sites for hydroxylation is 1. The maximum Gasteiger partial charge on any atom is 0.255 e. The third-order valence-corrected chi connectivity index (χ3v) is 4.33. The Hall–Kier alpha value is -2.40. The number of hydrogen-bond donors (Lipinski definition) is 2. The first-order valence-electron chi connectivity index (χ1n) is 7.57. The van der Waals surface area contributed by atoms with Crippen LogP contribution in [0.1, 0.15) is 22.6 Å². The lowest BCUT2D eigenvalue weighted by atomic mass is 10.1. The zero-order valence-electron chi connectivity index (χ0n) is 12.5. The van der Waals surface area contributed by atoms with Gasteiger partial charge in [-0.3, -0.25) is 9.69 Å². The van der Waals surface area contributed by atoms with E-state index in [2.05, 4.69) is 44.2 Å². The minimum Gasteiger partial charge on any atom is -0.361 e. The van der Waals surface area contributed by atoms with Crippen molar-refractivity contribution in [2.45, 2.75) is 26.4 Å². The van der Waals surface area contributed by atoms with E-state index in [1.54, 1.807) is 0 Å². The molecule has 2 N–H and O–H groups in total. The summed E-state index contributed by atoms with van der Waals surface area (Å²) in [4.78, 5) is 25.0. The van der Waals surface area contributed by atoms with E-state index in [-0.39, 0.29) is 5.56 Å². The predicted octanol–water partition coefficient (Wildman–Crippen LogP) is 2.12. The topological polar surface area (TPSA) is 64.8 Å². The van der Waals surface area contributed by atoms with E-state index in [4.69, 9.17) is 0 Å². The van der Waals surface area contributed by atoms with Crippen LogP contribution in [0.15, 0.2) is 35.3 Å². The summed E-state index contributed by atoms with van der Waals surface area (Å²) in [5, 5.41) is 1.25. The molecular formula is C17H18N4O. The number of nitrogens with one attached hydrogen (secondary N) is 2. The van der Waals surface area contributed by atoms with Gasteiger partial charge in [0, 0.05) is 43.2 Å². The molecule has 0 spiro atoms. The van der Waals surface area contributed by atoms with Gasteiger partial charge in [-0.25, -0.2) is 4.98 Å². The molecular weight excluding hydrogens is 276 g/mol. The number of hydrogen-bond acceptors (Lipinski definition) is 3. The first kappa shape index (κ1) is 13.3. The highest BCUT2D eigenvalue weighted by atomic mass is 16.1. The molecule has 1 aromatic carbocycles. The van der Waals surface area contributed by atoms with Crippen molar-refractivity contribution in [2.75, 3.05) is 6.54 Å². The standard InChI is InChI=1S/C17H18N4O/c1-11-19-16-6-7-21(10-14(16)17(22)20-11)9-12-8-18-15-5-3-2-4-13(12)15/h2-5,8,18H,6-7,9-10H2,1H3,(H,19,20,22). The molecule has 112 valence electrons. The predicted molar refractivity (Wildman–Crippen MR) is 85.7 cm³/mol. The van der Waals surface area contributed by atoms with Crippen LogP contribution in [0.25, 0.3) is 10.9 Å². The normalized spacial score (nSPS) is 15.1. The smallest absolute Gasteiger partial charge is 0.255 e. The highest BCUT2D eigenvalue weighted by molar-refractivity contribution is 5.82. The molecule has 22 heavy (non-hydrogen) atoms. The monoisotopic (exact) mass is 294 g/mol. The summed E-state index contributed by atoms with van der Waals surface area (Å²) in [7, 11) is 0. The quantitative estimate of drug-likeness (QED) is 0.761. The summed E-state index contributed by atoms with van der Waals surface area (Å²) < 4.78 is 0. The Morgan fingerprint density at radius 2 is 2.18 bits per heavy atom. The fourth-order valence-electron chi connectivity index (χ4n) is 3.24. The molecule has 0 saturated heterocycles. The second-order valence-corrected chi connectivity index (χ2v) is 5.90. The van der Waals surface area contributed by atoms with Gasteiger partial charge in [0.2, 0.25) is 0 Å². The number of rotatable bonds is 2. The Bertz CT molecular complexity index is 893. The van der Waals surface area contributed by atoms with Gasteiger partial charge in [0.25, 0.3) is 5.56 Å². The Balaban J connectivity index is 1.62. The average Bonchev–Trinajstić information content (AvgIpc) is 2.91. The zero-order valence-corrected chi connectivity index (χ0v) is 12.5. The Kier molecular flexibility index (Phi) is 3.08. The van der Waals surface area contributed by atoms with Crippen LogP contribution in [0.2, 0.25) is 0 Å². The summed E-state index contributed by atoms with van der Waals surface area (Å²) in [6.45, 7) is 4.27. The van der Waals surface area contributed by atoms with Crippen molar-refractivity contribution in [1.29, 1.82) is 0 Å². The van der Waals surface area contributed by atoms with E-state index < -0.39 is 0 Å². The van der Waals surface area contributed by atoms with Crippen molar-refractivity contribution in [3.63, 3.8) is 0 Å². The number of H-pyrrole nitrogens is 2. The molecule has 0 fully saturated rings. The van der Waals surface area contributed by atoms with Gasteiger partial charge < -0.3 is 9.97 Å². The van der Waals surface area contributed by atoms with Crippen LogP contribution in [0.5, 0.6) is 0 Å². The molecule has 2 aromatic heterocycles. The van der Waals surface area contributed by atoms with Gasteiger partial charge in [-0.15, -0.1) is 0 Å². The number of benzene rings is 1. The van der Waals surface area contributed by atoms with Crippen LogP contribution in [-0.2, 0) is 19.5 Å². The molecule has 3 aromatic rings. The SMILES string of the molecule is Cc1nc2c(c(=O)[nH]1)CN(Cc1c[nH]c3ccccc13)CC2. The lowest BCUT2D eigenvalue weighted by Crippen LogP contribution is -2.35. The number of aromatic amines is 2. The second-order valence-electron chi connectivity index (χ2n) is 5.90. The molecule has 3 heterocycles. The molecule has 5 nitrogen and oxygen atoms in total. The summed E-state index contributed by atoms with van der Waals surface area (Å²) in [5.74, 6) is 0.703. The number of para-hydroxylation sites is 1. The van der Waals surface area contributed by atoms with Gasteiger partial charge in [-0.2, -0.15) is 0 Å². The van der Waals surface area contributed by atoms with Crippen molar-refractivity contribution in [3.8, 4) is 0 Å². The Labute approximate surface area is 128 Å². The van der Waals surface area contributed by atoms with Crippen LogP contribution in [0, 0.1) is 6.92 Å². The summed E-state index contributed by atoms with van der Waals surface area (Å²) in [5.41, 5.74) is 4.21. The maximum atomic E-state index is 12.1. The molecule has 0 radical (unpaired) electrons. The molecule has 4 rings (SSSR count). The largest absolute Gasteiger partial charge is 0.361 e. The van der Waals surface area contributed by atoms with Gasteiger partial charge in [-0.1, -0.05) is 18.2 Å². The molecule has 0 saturated carbocycles. The Morgan fingerprint density at radius 3 is 3.09 bits per heavy atom. The number of aromatic nitrogens is 3. The third kappa shape index (κ3) is 2.23. The van der Waals surface area contributed by atoms with E-state index in [0.717, 1.165) is 36.3 Å². The summed E-state index contributed by atoms with van der Waals surface area (Å²) in [6, 6.07) is 8.31. The van der Waals surface area contributed by atoms with Crippen LogP contribution in [0.3, 0.4) is 0 Å². The molecule has 0 atom stereocenters. The van der Waals surface area contributed by atoms with Gasteiger partial charge in [0.1, 0.15) is 5.82 Å². The van der Waals surface area contributed by atoms with Gasteiger partial charge in [0.15, 0.2) is 0 Å². The van der Waals surface area contributed by atoms with Crippen molar-refractivity contribution in [1.82, 2.24) is 19.9 Å². The first-order chi connectivity index (χ1) is 10.7. The lowest BCUT2D eigenvalue weighted by molar-refractivity contribution is 0.242. The zero-order chi connectivity index (χ0) is 15.1. The van der Waals surface area contributed by atoms with E-state index >= 15 is 0 Å². The van der Waals surface area contributed by atoms with Crippen LogP contribution < -0.4 is 5.56 Å². The van der Waals surface area contributed by atoms with Crippen molar-refractivity contribution < 1.29 is 0 Å². The van der Waals surface area contributed by atoms with Gasteiger partial charge in [-0.05, 0) is 18.6 Å². The van der Waals surface area contributed by atoms with E-state index in [1.807, 2.05) is 13.0 Å². The van der Waals surface area contributed by atoms with Gasteiger partial charge in [0.05, 0.1) is 11.3 Å². The summed E-state index contributed by atoms with van der Waals surface area (Å²) in [6.07, 6.45) is 2.90. The molecule has 1 aliphatic heterocycles. The fraction of sp³-hybridized carbons (Fsp3) is 0.294. The minimum atomic E-state index is 0.00567. The molecule has 0 bridgehead atoms. The van der Waals surface area contributed by atoms with Crippen molar-refractivity contribution in [3.05, 3.63) is 63.5 Å². The fourth-order valence-corrected chi connectivity index (χ4v) is 3.24. The van der Waals surface area contributed by atoms with Crippen molar-refractivity contribution >= 4 is 10.9 Å². The van der Waals surface area contributed by atoms with E-state index in [9.17, 15) is 4.79 Å². The molecule has 5 heteroatoms. The average molecular weight is 294 g/mol. The third-order valence-electron chi connectivity index (χ3n) is 4.33. The highest BCUT2D eigenvalue weighted by Crippen LogP contribution is 2.22. The van der Waals surface area contributed by atoms with E-state index in [0.29, 0.717) is 12.4 Å². The molecule has 0 aliphatic carbocycles. The lowest BCUT2D eigenvalue weighted by Gasteiger charge is -2.27. The second kappa shape index (κ2) is 5.10. The Morgan fingerprint density at radius 1 is 1.32 bits per heavy atom. The highest BCUT2D eigenvalue weighted by Gasteiger charge is 2.21. The van der Waals surface area contributed by atoms with Gasteiger partial charge >= 0.3 is 0 Å². The summed E-state index contributed by atoms with van der Waals surface area (Å²) >= 11 is 0. The van der Waals surface area contributed by atoms with Crippen molar-refractivity contribution in [2.24, 2.45) is 0 Å². The van der Waals surface area contributed by atoms with Crippen LogP contribution >= 0.6 is 0 Å². The maximum absolute atomic E-state index is 12.1.